The van der Waals surface area contributed by atoms with Crippen molar-refractivity contribution < 1.29 is 18.7 Å². The number of hydrogen-bond donors (Lipinski definition) is 1. The predicted octanol–water partition coefficient (Wildman–Crippen LogP) is 3.85. The van der Waals surface area contributed by atoms with Crippen LogP contribution in [0.5, 0.6) is 5.75 Å². The zero-order valence-electron chi connectivity index (χ0n) is 15.9. The number of ether oxygens (including phenoxy) is 2. The minimum absolute atomic E-state index is 0.0222. The normalized spacial score (nSPS) is 18.2. The molecule has 2 rings (SSSR count). The number of hydrogen-bond acceptors (Lipinski definition) is 6. The molecule has 0 radical (unpaired) electrons. The molecule has 1 aliphatic rings. The van der Waals surface area contributed by atoms with E-state index in [-0.39, 0.29) is 23.3 Å². The van der Waals surface area contributed by atoms with Crippen LogP contribution >= 0.6 is 11.6 Å². The number of rotatable bonds is 10. The van der Waals surface area contributed by atoms with E-state index in [9.17, 15) is 9.18 Å². The summed E-state index contributed by atoms with van der Waals surface area (Å²) in [5.74, 6) is -0.00770. The summed E-state index contributed by atoms with van der Waals surface area (Å²) in [6.07, 6.45) is 2.42. The quantitative estimate of drug-likeness (QED) is 0.353. The maximum absolute atomic E-state index is 13.4. The zero-order valence-corrected chi connectivity index (χ0v) is 16.6. The third-order valence-electron chi connectivity index (χ3n) is 4.30. The van der Waals surface area contributed by atoms with E-state index in [1.165, 1.54) is 12.1 Å². The highest BCUT2D eigenvalue weighted by molar-refractivity contribution is 6.30. The molecule has 154 valence electrons. The average molecular weight is 421 g/mol. The van der Waals surface area contributed by atoms with Gasteiger partial charge in [-0.15, -0.1) is 5.10 Å². The second-order valence-corrected chi connectivity index (χ2v) is 7.03. The summed E-state index contributed by atoms with van der Waals surface area (Å²) in [7, 11) is 0. The SMILES string of the molecule is C=N/N=C(/CCC(=C)NC(=O)COc1ccc(Cl)c(F)c1)OCC1CC(C#N)C1. The van der Waals surface area contributed by atoms with Gasteiger partial charge in [0.2, 0.25) is 5.90 Å². The standard InChI is InChI=1S/C20H22ClFN4O3/c1-13(25-19(27)12-28-16-4-5-17(21)18(22)9-16)3-6-20(26-24-2)29-11-15-7-14(8-15)10-23/h4-5,9,14-15H,1-3,6-8,11-12H2,(H,25,27)/b26-20-. The van der Waals surface area contributed by atoms with Crippen LogP contribution < -0.4 is 10.1 Å². The van der Waals surface area contributed by atoms with Gasteiger partial charge in [-0.25, -0.2) is 4.39 Å². The summed E-state index contributed by atoms with van der Waals surface area (Å²) >= 11 is 5.59. The Morgan fingerprint density at radius 2 is 2.17 bits per heavy atom. The van der Waals surface area contributed by atoms with Gasteiger partial charge in [0, 0.05) is 30.8 Å². The predicted molar refractivity (Wildman–Crippen MR) is 108 cm³/mol. The summed E-state index contributed by atoms with van der Waals surface area (Å²) in [6, 6.07) is 6.15. The number of nitriles is 1. The lowest BCUT2D eigenvalue weighted by atomic mass is 9.76. The van der Waals surface area contributed by atoms with E-state index in [1.54, 1.807) is 0 Å². The first-order valence-electron chi connectivity index (χ1n) is 9.01. The molecule has 0 spiro atoms. The van der Waals surface area contributed by atoms with Crippen LogP contribution in [0.1, 0.15) is 25.7 Å². The fourth-order valence-corrected chi connectivity index (χ4v) is 2.81. The molecule has 0 heterocycles. The van der Waals surface area contributed by atoms with E-state index in [4.69, 9.17) is 26.3 Å². The largest absolute Gasteiger partial charge is 0.484 e. The number of benzene rings is 1. The smallest absolute Gasteiger partial charge is 0.262 e. The summed E-state index contributed by atoms with van der Waals surface area (Å²) < 4.78 is 24.2. The van der Waals surface area contributed by atoms with Crippen molar-refractivity contribution in [1.29, 1.82) is 5.26 Å². The number of carbonyl (C=O) groups is 1. The van der Waals surface area contributed by atoms with Gasteiger partial charge in [-0.1, -0.05) is 18.2 Å². The molecule has 1 aliphatic carbocycles. The molecule has 29 heavy (non-hydrogen) atoms. The van der Waals surface area contributed by atoms with Gasteiger partial charge in [-0.2, -0.15) is 10.4 Å². The molecule has 1 fully saturated rings. The number of allylic oxidation sites excluding steroid dienone is 1. The highest BCUT2D eigenvalue weighted by Crippen LogP contribution is 2.33. The van der Waals surface area contributed by atoms with E-state index < -0.39 is 11.7 Å². The van der Waals surface area contributed by atoms with Crippen molar-refractivity contribution in [2.45, 2.75) is 25.7 Å². The maximum atomic E-state index is 13.4. The number of halogens is 2. The van der Waals surface area contributed by atoms with Crippen molar-refractivity contribution in [2.24, 2.45) is 22.0 Å². The Balaban J connectivity index is 1.68. The summed E-state index contributed by atoms with van der Waals surface area (Å²) in [4.78, 5) is 11.9. The number of amides is 1. The molecule has 0 unspecified atom stereocenters. The summed E-state index contributed by atoms with van der Waals surface area (Å²) in [6.45, 7) is 7.29. The molecule has 0 bridgehead atoms. The minimum atomic E-state index is -0.623. The molecule has 1 amide bonds. The highest BCUT2D eigenvalue weighted by Gasteiger charge is 2.29. The third-order valence-corrected chi connectivity index (χ3v) is 4.61. The van der Waals surface area contributed by atoms with E-state index in [0.717, 1.165) is 18.9 Å². The molecule has 7 nitrogen and oxygen atoms in total. The van der Waals surface area contributed by atoms with Crippen LogP contribution in [0, 0.1) is 29.0 Å². The number of nitrogens with one attached hydrogen (secondary N) is 1. The lowest BCUT2D eigenvalue weighted by Crippen LogP contribution is -2.29. The molecule has 9 heteroatoms. The lowest BCUT2D eigenvalue weighted by molar-refractivity contribution is -0.122. The third kappa shape index (κ3) is 7.54. The molecular formula is C20H22ClFN4O3. The molecule has 1 aromatic rings. The topological polar surface area (TPSA) is 96.1 Å². The Morgan fingerprint density at radius 3 is 2.83 bits per heavy atom. The van der Waals surface area contributed by atoms with Crippen LogP contribution in [-0.4, -0.2) is 31.7 Å². The molecule has 1 aromatic carbocycles. The van der Waals surface area contributed by atoms with Gasteiger partial charge < -0.3 is 14.8 Å². The van der Waals surface area contributed by atoms with E-state index in [2.05, 4.69) is 34.9 Å². The highest BCUT2D eigenvalue weighted by atomic mass is 35.5. The second-order valence-electron chi connectivity index (χ2n) is 6.63. The first-order chi connectivity index (χ1) is 13.9. The van der Waals surface area contributed by atoms with Crippen molar-refractivity contribution in [3.05, 3.63) is 41.3 Å². The van der Waals surface area contributed by atoms with Gasteiger partial charge in [-0.3, -0.25) is 4.79 Å². The van der Waals surface area contributed by atoms with Gasteiger partial charge in [0.25, 0.3) is 5.91 Å². The van der Waals surface area contributed by atoms with Gasteiger partial charge in [-0.05, 0) is 37.3 Å². The Kier molecular flexibility index (Phi) is 8.62. The van der Waals surface area contributed by atoms with Gasteiger partial charge >= 0.3 is 0 Å². The van der Waals surface area contributed by atoms with Crippen LogP contribution in [0.4, 0.5) is 4.39 Å². The van der Waals surface area contributed by atoms with Crippen LogP contribution in [0.2, 0.25) is 5.02 Å². The maximum Gasteiger partial charge on any atom is 0.262 e. The van der Waals surface area contributed by atoms with Crippen molar-refractivity contribution in [2.75, 3.05) is 13.2 Å². The Bertz CT molecular complexity index is 832. The summed E-state index contributed by atoms with van der Waals surface area (Å²) in [5, 5.41) is 18.7. The second kappa shape index (κ2) is 11.2. The molecule has 0 aliphatic heterocycles. The van der Waals surface area contributed by atoms with E-state index in [0.29, 0.717) is 37.0 Å². The van der Waals surface area contributed by atoms with Crippen molar-refractivity contribution in [3.8, 4) is 11.8 Å². The van der Waals surface area contributed by atoms with Gasteiger partial charge in [0.15, 0.2) is 6.61 Å². The molecular weight excluding hydrogens is 399 g/mol. The van der Waals surface area contributed by atoms with E-state index >= 15 is 0 Å². The van der Waals surface area contributed by atoms with Crippen LogP contribution in [-0.2, 0) is 9.53 Å². The number of nitrogens with zero attached hydrogens (tertiary/aromatic N) is 3. The van der Waals surface area contributed by atoms with E-state index in [1.807, 2.05) is 0 Å². The first kappa shape index (κ1) is 22.4. The zero-order chi connectivity index (χ0) is 21.2. The fourth-order valence-electron chi connectivity index (χ4n) is 2.69. The average Bonchev–Trinajstić information content (AvgIpc) is 2.65. The molecule has 0 aromatic heterocycles. The van der Waals surface area contributed by atoms with Gasteiger partial charge in [0.05, 0.1) is 17.7 Å². The van der Waals surface area contributed by atoms with Crippen molar-refractivity contribution >= 4 is 30.1 Å². The minimum Gasteiger partial charge on any atom is -0.484 e. The van der Waals surface area contributed by atoms with Crippen molar-refractivity contribution in [1.82, 2.24) is 5.32 Å². The molecule has 1 N–H and O–H groups in total. The molecule has 0 atom stereocenters. The van der Waals surface area contributed by atoms with Crippen LogP contribution in [0.3, 0.4) is 0 Å². The molecule has 1 saturated carbocycles. The summed E-state index contributed by atoms with van der Waals surface area (Å²) in [5.41, 5.74) is 0.453. The van der Waals surface area contributed by atoms with Crippen molar-refractivity contribution in [3.63, 3.8) is 0 Å². The Labute approximate surface area is 173 Å². The Hall–Kier alpha value is -2.92. The fraction of sp³-hybridized carbons (Fsp3) is 0.400. The lowest BCUT2D eigenvalue weighted by Gasteiger charge is -2.30. The van der Waals surface area contributed by atoms with Crippen LogP contribution in [0.25, 0.3) is 0 Å². The molecule has 0 saturated heterocycles. The monoisotopic (exact) mass is 420 g/mol. The number of carbonyl (C=O) groups excluding carboxylic acids is 1. The Morgan fingerprint density at radius 1 is 1.41 bits per heavy atom. The van der Waals surface area contributed by atoms with Gasteiger partial charge in [0.1, 0.15) is 11.6 Å². The van der Waals surface area contributed by atoms with Crippen LogP contribution in [0.15, 0.2) is 40.7 Å². The first-order valence-corrected chi connectivity index (χ1v) is 9.39.